The number of rotatable bonds is 6. The number of hydrogen-bond acceptors (Lipinski definition) is 6. The minimum absolute atomic E-state index is 0.0224. The van der Waals surface area contributed by atoms with E-state index >= 15 is 0 Å². The zero-order valence-corrected chi connectivity index (χ0v) is 16.1. The number of nitrogens with zero attached hydrogens (tertiary/aromatic N) is 3. The molecule has 0 aliphatic carbocycles. The van der Waals surface area contributed by atoms with Crippen LogP contribution in [0.25, 0.3) is 0 Å². The van der Waals surface area contributed by atoms with Gasteiger partial charge < -0.3 is 9.64 Å². The van der Waals surface area contributed by atoms with Crippen molar-refractivity contribution in [3.8, 4) is 0 Å². The third kappa shape index (κ3) is 6.01. The fraction of sp³-hybridized carbons (Fsp3) is 0.611. The number of pyridine rings is 1. The number of carbonyl (C=O) groups excluding carboxylic acids is 2. The first-order valence-corrected chi connectivity index (χ1v) is 9.68. The van der Waals surface area contributed by atoms with E-state index in [1.807, 2.05) is 17.0 Å². The van der Waals surface area contributed by atoms with E-state index in [0.717, 1.165) is 18.0 Å². The molecule has 0 N–H and O–H groups in total. The maximum Gasteiger partial charge on any atom is 0.320 e. The standard InChI is InChI=1S/C18H27N3O3S/c1-4-24-16(22)13-20-9-6-10-21(12-11-20)18(23)15-7-5-8-19-17(15)25-14(2)3/h5,7-8,14H,4,6,9-13H2,1-3H3. The molecule has 0 saturated carbocycles. The van der Waals surface area contributed by atoms with E-state index in [0.29, 0.717) is 37.1 Å². The maximum absolute atomic E-state index is 12.9. The first-order valence-electron chi connectivity index (χ1n) is 8.80. The summed E-state index contributed by atoms with van der Waals surface area (Å²) in [6.45, 7) is 9.45. The van der Waals surface area contributed by atoms with Crippen LogP contribution in [0.4, 0.5) is 0 Å². The van der Waals surface area contributed by atoms with Gasteiger partial charge in [0, 0.05) is 37.6 Å². The lowest BCUT2D eigenvalue weighted by atomic mass is 10.2. The minimum atomic E-state index is -0.204. The van der Waals surface area contributed by atoms with Crippen molar-refractivity contribution in [2.45, 2.75) is 37.5 Å². The molecule has 0 atom stereocenters. The summed E-state index contributed by atoms with van der Waals surface area (Å²) in [5.41, 5.74) is 0.667. The maximum atomic E-state index is 12.9. The van der Waals surface area contributed by atoms with Gasteiger partial charge in [-0.3, -0.25) is 14.5 Å². The van der Waals surface area contributed by atoms with Crippen LogP contribution in [0.5, 0.6) is 0 Å². The first-order chi connectivity index (χ1) is 12.0. The Hall–Kier alpha value is -1.60. The van der Waals surface area contributed by atoms with Crippen molar-refractivity contribution in [2.24, 2.45) is 0 Å². The molecular formula is C18H27N3O3S. The summed E-state index contributed by atoms with van der Waals surface area (Å²) in [6, 6.07) is 3.66. The van der Waals surface area contributed by atoms with Crippen molar-refractivity contribution >= 4 is 23.6 Å². The van der Waals surface area contributed by atoms with Crippen molar-refractivity contribution in [3.05, 3.63) is 23.9 Å². The monoisotopic (exact) mass is 365 g/mol. The molecule has 1 aliphatic rings. The van der Waals surface area contributed by atoms with Gasteiger partial charge in [0.25, 0.3) is 5.91 Å². The quantitative estimate of drug-likeness (QED) is 0.569. The average Bonchev–Trinajstić information content (AvgIpc) is 2.80. The lowest BCUT2D eigenvalue weighted by Gasteiger charge is -2.22. The molecule has 0 radical (unpaired) electrons. The summed E-state index contributed by atoms with van der Waals surface area (Å²) in [5.74, 6) is -0.181. The second kappa shape index (κ2) is 9.77. The number of hydrogen-bond donors (Lipinski definition) is 0. The van der Waals surface area contributed by atoms with Crippen molar-refractivity contribution in [2.75, 3.05) is 39.3 Å². The smallest absolute Gasteiger partial charge is 0.320 e. The summed E-state index contributed by atoms with van der Waals surface area (Å²) in [4.78, 5) is 32.9. The second-order valence-corrected chi connectivity index (χ2v) is 7.81. The lowest BCUT2D eigenvalue weighted by molar-refractivity contribution is -0.144. The molecule has 1 saturated heterocycles. The van der Waals surface area contributed by atoms with E-state index < -0.39 is 0 Å². The van der Waals surface area contributed by atoms with Crippen molar-refractivity contribution in [1.82, 2.24) is 14.8 Å². The Labute approximate surface area is 153 Å². The molecule has 1 aromatic heterocycles. The van der Waals surface area contributed by atoms with Crippen LogP contribution < -0.4 is 0 Å². The number of carbonyl (C=O) groups is 2. The number of ether oxygens (including phenoxy) is 1. The highest BCUT2D eigenvalue weighted by Gasteiger charge is 2.24. The Morgan fingerprint density at radius 2 is 2.08 bits per heavy atom. The Morgan fingerprint density at radius 3 is 2.80 bits per heavy atom. The van der Waals surface area contributed by atoms with E-state index in [1.54, 1.807) is 24.9 Å². The van der Waals surface area contributed by atoms with Crippen molar-refractivity contribution in [1.29, 1.82) is 0 Å². The van der Waals surface area contributed by atoms with E-state index in [1.165, 1.54) is 0 Å². The zero-order valence-electron chi connectivity index (χ0n) is 15.2. The summed E-state index contributed by atoms with van der Waals surface area (Å²) in [5, 5.41) is 1.15. The molecule has 0 spiro atoms. The number of esters is 1. The van der Waals surface area contributed by atoms with E-state index in [-0.39, 0.29) is 18.4 Å². The van der Waals surface area contributed by atoms with Crippen LogP contribution in [0.2, 0.25) is 0 Å². The highest BCUT2D eigenvalue weighted by atomic mass is 32.2. The Morgan fingerprint density at radius 1 is 1.28 bits per heavy atom. The van der Waals surface area contributed by atoms with Crippen LogP contribution in [0, 0.1) is 0 Å². The van der Waals surface area contributed by atoms with E-state index in [4.69, 9.17) is 4.74 Å². The number of amides is 1. The Kier molecular flexibility index (Phi) is 7.71. The molecule has 1 amide bonds. The third-order valence-electron chi connectivity index (χ3n) is 3.88. The molecule has 25 heavy (non-hydrogen) atoms. The normalized spacial score (nSPS) is 15.9. The SMILES string of the molecule is CCOC(=O)CN1CCCN(C(=O)c2cccnc2SC(C)C)CC1. The number of thioether (sulfide) groups is 1. The molecule has 2 rings (SSSR count). The van der Waals surface area contributed by atoms with Gasteiger partial charge in [-0.05, 0) is 25.5 Å². The predicted octanol–water partition coefficient (Wildman–Crippen LogP) is 2.29. The van der Waals surface area contributed by atoms with Crippen molar-refractivity contribution in [3.63, 3.8) is 0 Å². The van der Waals surface area contributed by atoms with Gasteiger partial charge >= 0.3 is 5.97 Å². The van der Waals surface area contributed by atoms with Gasteiger partial charge in [-0.15, -0.1) is 11.8 Å². The molecular weight excluding hydrogens is 338 g/mol. The number of aromatic nitrogens is 1. The Bertz CT molecular complexity index is 595. The molecule has 1 aromatic rings. The Balaban J connectivity index is 2.00. The summed E-state index contributed by atoms with van der Waals surface area (Å²) in [7, 11) is 0. The van der Waals surface area contributed by atoms with Crippen molar-refractivity contribution < 1.29 is 14.3 Å². The molecule has 1 aliphatic heterocycles. The van der Waals surface area contributed by atoms with Crippen LogP contribution in [-0.4, -0.2) is 71.2 Å². The fourth-order valence-electron chi connectivity index (χ4n) is 2.76. The topological polar surface area (TPSA) is 62.7 Å². The lowest BCUT2D eigenvalue weighted by Crippen LogP contribution is -2.37. The van der Waals surface area contributed by atoms with Crippen LogP contribution in [-0.2, 0) is 9.53 Å². The summed E-state index contributed by atoms with van der Waals surface area (Å²) in [6.07, 6.45) is 2.57. The largest absolute Gasteiger partial charge is 0.465 e. The van der Waals surface area contributed by atoms with Crippen LogP contribution in [0.15, 0.2) is 23.4 Å². The van der Waals surface area contributed by atoms with E-state index in [9.17, 15) is 9.59 Å². The van der Waals surface area contributed by atoms with Gasteiger partial charge in [0.15, 0.2) is 0 Å². The first kappa shape index (κ1) is 19.7. The molecule has 1 fully saturated rings. The third-order valence-corrected chi connectivity index (χ3v) is 4.90. The molecule has 7 heteroatoms. The van der Waals surface area contributed by atoms with Gasteiger partial charge in [0.05, 0.1) is 18.7 Å². The molecule has 138 valence electrons. The molecule has 0 bridgehead atoms. The van der Waals surface area contributed by atoms with Gasteiger partial charge in [-0.25, -0.2) is 4.98 Å². The van der Waals surface area contributed by atoms with E-state index in [2.05, 4.69) is 23.7 Å². The zero-order chi connectivity index (χ0) is 18.2. The highest BCUT2D eigenvalue weighted by molar-refractivity contribution is 7.99. The highest BCUT2D eigenvalue weighted by Crippen LogP contribution is 2.25. The van der Waals surface area contributed by atoms with Gasteiger partial charge in [-0.1, -0.05) is 13.8 Å². The van der Waals surface area contributed by atoms with Gasteiger partial charge in [-0.2, -0.15) is 0 Å². The molecule has 2 heterocycles. The fourth-order valence-corrected chi connectivity index (χ4v) is 3.61. The second-order valence-electron chi connectivity index (χ2n) is 6.25. The van der Waals surface area contributed by atoms with Crippen LogP contribution >= 0.6 is 11.8 Å². The molecule has 0 aromatic carbocycles. The summed E-state index contributed by atoms with van der Waals surface area (Å²) >= 11 is 1.61. The van der Waals surface area contributed by atoms with Gasteiger partial charge in [0.1, 0.15) is 5.03 Å². The van der Waals surface area contributed by atoms with Crippen LogP contribution in [0.3, 0.4) is 0 Å². The predicted molar refractivity (Wildman–Crippen MR) is 98.8 cm³/mol. The summed E-state index contributed by atoms with van der Waals surface area (Å²) < 4.78 is 5.01. The average molecular weight is 365 g/mol. The molecule has 6 nitrogen and oxygen atoms in total. The van der Waals surface area contributed by atoms with Gasteiger partial charge in [0.2, 0.25) is 0 Å². The van der Waals surface area contributed by atoms with Crippen LogP contribution in [0.1, 0.15) is 37.6 Å². The molecule has 0 unspecified atom stereocenters. The minimum Gasteiger partial charge on any atom is -0.465 e.